The van der Waals surface area contributed by atoms with E-state index in [0.717, 1.165) is 40.7 Å². The lowest BCUT2D eigenvalue weighted by Gasteiger charge is -2.15. The van der Waals surface area contributed by atoms with Gasteiger partial charge in [0.05, 0.1) is 5.52 Å². The van der Waals surface area contributed by atoms with E-state index >= 15 is 0 Å². The molecule has 1 aromatic heterocycles. The highest BCUT2D eigenvalue weighted by molar-refractivity contribution is 6.10. The van der Waals surface area contributed by atoms with Gasteiger partial charge in [-0.05, 0) is 43.2 Å². The zero-order valence-corrected chi connectivity index (χ0v) is 11.5. The molecule has 0 unspecified atom stereocenters. The summed E-state index contributed by atoms with van der Waals surface area (Å²) in [6.45, 7) is 0. The van der Waals surface area contributed by atoms with Crippen LogP contribution in [0, 0.1) is 0 Å². The van der Waals surface area contributed by atoms with Crippen molar-refractivity contribution in [3.05, 3.63) is 59.8 Å². The number of aromatic nitrogens is 1. The predicted octanol–water partition coefficient (Wildman–Crippen LogP) is 3.86. The van der Waals surface area contributed by atoms with Crippen molar-refractivity contribution >= 4 is 16.7 Å². The summed E-state index contributed by atoms with van der Waals surface area (Å²) in [6, 6.07) is 15.2. The molecule has 0 amide bonds. The Balaban J connectivity index is 2.09. The number of phenols is 1. The van der Waals surface area contributed by atoms with Gasteiger partial charge in [0.2, 0.25) is 0 Å². The molecule has 1 aliphatic rings. The first-order valence-corrected chi connectivity index (χ1v) is 7.20. The molecule has 0 radical (unpaired) electrons. The van der Waals surface area contributed by atoms with E-state index in [-0.39, 0.29) is 11.5 Å². The summed E-state index contributed by atoms with van der Waals surface area (Å²) in [5, 5.41) is 10.5. The van der Waals surface area contributed by atoms with E-state index in [2.05, 4.69) is 4.57 Å². The Morgan fingerprint density at radius 2 is 1.71 bits per heavy atom. The molecule has 104 valence electrons. The smallest absolute Gasteiger partial charge is 0.165 e. The topological polar surface area (TPSA) is 42.2 Å². The van der Waals surface area contributed by atoms with E-state index in [1.165, 1.54) is 0 Å². The minimum absolute atomic E-state index is 0.241. The van der Waals surface area contributed by atoms with E-state index in [4.69, 9.17) is 0 Å². The molecular weight excluding hydrogens is 262 g/mol. The Morgan fingerprint density at radius 3 is 2.52 bits per heavy atom. The first-order chi connectivity index (χ1) is 10.3. The molecule has 4 rings (SSSR count). The molecule has 0 aliphatic heterocycles. The fourth-order valence-corrected chi connectivity index (χ4v) is 3.28. The number of fused-ring (bicyclic) bond motifs is 3. The Kier molecular flexibility index (Phi) is 2.61. The number of rotatable bonds is 1. The summed E-state index contributed by atoms with van der Waals surface area (Å²) < 4.78 is 2.15. The average Bonchev–Trinajstić information content (AvgIpc) is 2.84. The molecule has 3 nitrogen and oxygen atoms in total. The predicted molar refractivity (Wildman–Crippen MR) is 82.2 cm³/mol. The van der Waals surface area contributed by atoms with Crippen LogP contribution in [0.5, 0.6) is 5.75 Å². The molecule has 1 aliphatic carbocycles. The second kappa shape index (κ2) is 4.48. The lowest BCUT2D eigenvalue weighted by molar-refractivity contribution is 0.0973. The molecule has 0 bridgehead atoms. The van der Waals surface area contributed by atoms with Crippen molar-refractivity contribution in [3.8, 4) is 11.4 Å². The van der Waals surface area contributed by atoms with E-state index in [1.807, 2.05) is 36.4 Å². The van der Waals surface area contributed by atoms with Gasteiger partial charge in [-0.3, -0.25) is 4.79 Å². The Bertz CT molecular complexity index is 844. The molecule has 0 spiro atoms. The molecule has 0 saturated heterocycles. The van der Waals surface area contributed by atoms with Gasteiger partial charge in [0.25, 0.3) is 0 Å². The van der Waals surface area contributed by atoms with E-state index in [0.29, 0.717) is 6.42 Å². The standard InChI is InChI=1S/C18H15NO2/c20-13-10-8-12(9-11-13)19-15-5-2-1-4-14(15)18-16(19)6-3-7-17(18)21/h1-2,4-5,8-11,20H,3,6-7H2. The van der Waals surface area contributed by atoms with Crippen molar-refractivity contribution in [3.63, 3.8) is 0 Å². The van der Waals surface area contributed by atoms with Crippen molar-refractivity contribution in [2.45, 2.75) is 19.3 Å². The van der Waals surface area contributed by atoms with Crippen LogP contribution in [0.4, 0.5) is 0 Å². The van der Waals surface area contributed by atoms with Crippen molar-refractivity contribution in [2.24, 2.45) is 0 Å². The number of hydrogen-bond donors (Lipinski definition) is 1. The van der Waals surface area contributed by atoms with Gasteiger partial charge in [0, 0.05) is 28.8 Å². The maximum Gasteiger partial charge on any atom is 0.165 e. The van der Waals surface area contributed by atoms with Crippen molar-refractivity contribution in [2.75, 3.05) is 0 Å². The zero-order valence-electron chi connectivity index (χ0n) is 11.5. The van der Waals surface area contributed by atoms with Crippen LogP contribution in [-0.4, -0.2) is 15.5 Å². The van der Waals surface area contributed by atoms with E-state index < -0.39 is 0 Å². The number of ketones is 1. The van der Waals surface area contributed by atoms with Gasteiger partial charge in [-0.25, -0.2) is 0 Å². The molecule has 0 atom stereocenters. The van der Waals surface area contributed by atoms with Crippen LogP contribution >= 0.6 is 0 Å². The van der Waals surface area contributed by atoms with Crippen molar-refractivity contribution < 1.29 is 9.90 Å². The van der Waals surface area contributed by atoms with Crippen molar-refractivity contribution in [1.29, 1.82) is 0 Å². The molecule has 3 heteroatoms. The van der Waals surface area contributed by atoms with E-state index in [1.54, 1.807) is 12.1 Å². The van der Waals surface area contributed by atoms with Crippen LogP contribution in [0.1, 0.15) is 28.9 Å². The third-order valence-electron chi connectivity index (χ3n) is 4.18. The van der Waals surface area contributed by atoms with Gasteiger partial charge < -0.3 is 9.67 Å². The molecule has 3 aromatic rings. The van der Waals surface area contributed by atoms with Gasteiger partial charge in [0.1, 0.15) is 5.75 Å². The van der Waals surface area contributed by atoms with Crippen LogP contribution in [0.15, 0.2) is 48.5 Å². The monoisotopic (exact) mass is 277 g/mol. The number of Topliss-reactive ketones (excluding diaryl/α,β-unsaturated/α-hetero) is 1. The number of nitrogens with zero attached hydrogens (tertiary/aromatic N) is 1. The zero-order chi connectivity index (χ0) is 14.4. The number of aromatic hydroxyl groups is 1. The van der Waals surface area contributed by atoms with Crippen LogP contribution < -0.4 is 0 Å². The summed E-state index contributed by atoms with van der Waals surface area (Å²) >= 11 is 0. The number of carbonyl (C=O) groups excluding carboxylic acids is 1. The SMILES string of the molecule is O=C1CCCc2c1c1ccccc1n2-c1ccc(O)cc1. The first-order valence-electron chi connectivity index (χ1n) is 7.20. The normalized spacial score (nSPS) is 14.4. The quantitative estimate of drug-likeness (QED) is 0.734. The maximum absolute atomic E-state index is 12.3. The lowest BCUT2D eigenvalue weighted by Crippen LogP contribution is -2.12. The Morgan fingerprint density at radius 1 is 0.952 bits per heavy atom. The summed E-state index contributed by atoms with van der Waals surface area (Å²) in [6.07, 6.45) is 2.45. The third-order valence-corrected chi connectivity index (χ3v) is 4.18. The van der Waals surface area contributed by atoms with Gasteiger partial charge in [0.15, 0.2) is 5.78 Å². The van der Waals surface area contributed by atoms with Crippen LogP contribution in [0.25, 0.3) is 16.6 Å². The largest absolute Gasteiger partial charge is 0.508 e. The molecule has 0 fully saturated rings. The van der Waals surface area contributed by atoms with Crippen LogP contribution in [0.2, 0.25) is 0 Å². The highest BCUT2D eigenvalue weighted by Gasteiger charge is 2.25. The minimum Gasteiger partial charge on any atom is -0.508 e. The minimum atomic E-state index is 0.241. The van der Waals surface area contributed by atoms with Crippen LogP contribution in [-0.2, 0) is 6.42 Å². The number of hydrogen-bond acceptors (Lipinski definition) is 2. The van der Waals surface area contributed by atoms with Gasteiger partial charge >= 0.3 is 0 Å². The summed E-state index contributed by atoms with van der Waals surface area (Å²) in [5.41, 5.74) is 4.02. The molecule has 1 N–H and O–H groups in total. The number of para-hydroxylation sites is 1. The summed E-state index contributed by atoms with van der Waals surface area (Å²) in [7, 11) is 0. The number of carbonyl (C=O) groups is 1. The summed E-state index contributed by atoms with van der Waals surface area (Å²) in [4.78, 5) is 12.3. The third kappa shape index (κ3) is 1.77. The highest BCUT2D eigenvalue weighted by atomic mass is 16.3. The van der Waals surface area contributed by atoms with E-state index in [9.17, 15) is 9.90 Å². The lowest BCUT2D eigenvalue weighted by atomic mass is 9.94. The fourth-order valence-electron chi connectivity index (χ4n) is 3.28. The van der Waals surface area contributed by atoms with Crippen molar-refractivity contribution in [1.82, 2.24) is 4.57 Å². The maximum atomic E-state index is 12.3. The first kappa shape index (κ1) is 12.2. The number of benzene rings is 2. The van der Waals surface area contributed by atoms with Gasteiger partial charge in [-0.15, -0.1) is 0 Å². The Labute approximate surface area is 122 Å². The molecule has 1 heterocycles. The Hall–Kier alpha value is -2.55. The molecule has 21 heavy (non-hydrogen) atoms. The second-order valence-corrected chi connectivity index (χ2v) is 5.47. The molecule has 0 saturated carbocycles. The van der Waals surface area contributed by atoms with Gasteiger partial charge in [-0.1, -0.05) is 18.2 Å². The fraction of sp³-hybridized carbons (Fsp3) is 0.167. The highest BCUT2D eigenvalue weighted by Crippen LogP contribution is 2.34. The second-order valence-electron chi connectivity index (χ2n) is 5.47. The molecular formula is C18H15NO2. The summed E-state index contributed by atoms with van der Waals surface area (Å²) in [5.74, 6) is 0.491. The van der Waals surface area contributed by atoms with Gasteiger partial charge in [-0.2, -0.15) is 0 Å². The van der Waals surface area contributed by atoms with Crippen LogP contribution in [0.3, 0.4) is 0 Å². The molecule has 2 aromatic carbocycles. The average molecular weight is 277 g/mol. The number of phenolic OH excluding ortho intramolecular Hbond substituents is 1.